The number of benzene rings is 2. The molecule has 0 heterocycles. The summed E-state index contributed by atoms with van der Waals surface area (Å²) >= 11 is 5.89. The van der Waals surface area contributed by atoms with Gasteiger partial charge in [0.1, 0.15) is 5.75 Å². The van der Waals surface area contributed by atoms with Crippen LogP contribution < -0.4 is 4.74 Å². The molecule has 2 aromatic rings. The lowest BCUT2D eigenvalue weighted by molar-refractivity contribution is -0.134. The maximum atomic E-state index is 11.8. The zero-order valence-electron chi connectivity index (χ0n) is 12.0. The Morgan fingerprint density at radius 3 is 2.45 bits per heavy atom. The Kier molecular flexibility index (Phi) is 5.55. The standard InChI is InChI=1S/C17H15ClO4/c1-21-17(20)13-6-8-15(9-7-13)22-16(19)10-5-12-3-2-4-14(18)11-12/h2-4,6-9,11H,5,10H2,1H3. The van der Waals surface area contributed by atoms with Crippen LogP contribution in [-0.4, -0.2) is 19.0 Å². The number of rotatable bonds is 5. The van der Waals surface area contributed by atoms with E-state index >= 15 is 0 Å². The average molecular weight is 319 g/mol. The van der Waals surface area contributed by atoms with E-state index < -0.39 is 5.97 Å². The monoisotopic (exact) mass is 318 g/mol. The van der Waals surface area contributed by atoms with Crippen molar-refractivity contribution < 1.29 is 19.1 Å². The highest BCUT2D eigenvalue weighted by molar-refractivity contribution is 6.30. The normalized spacial score (nSPS) is 10.1. The number of carbonyl (C=O) groups is 2. The lowest BCUT2D eigenvalue weighted by Crippen LogP contribution is -2.09. The largest absolute Gasteiger partial charge is 0.465 e. The van der Waals surface area contributed by atoms with E-state index in [0.717, 1.165) is 5.56 Å². The summed E-state index contributed by atoms with van der Waals surface area (Å²) in [6, 6.07) is 13.6. The Balaban J connectivity index is 1.88. The summed E-state index contributed by atoms with van der Waals surface area (Å²) in [7, 11) is 1.31. The molecule has 0 N–H and O–H groups in total. The Morgan fingerprint density at radius 2 is 1.82 bits per heavy atom. The third kappa shape index (κ3) is 4.60. The molecule has 0 aliphatic heterocycles. The van der Waals surface area contributed by atoms with Crippen molar-refractivity contribution in [3.63, 3.8) is 0 Å². The molecular formula is C17H15ClO4. The molecule has 2 aromatic carbocycles. The summed E-state index contributed by atoms with van der Waals surface area (Å²) in [5.41, 5.74) is 1.38. The highest BCUT2D eigenvalue weighted by Gasteiger charge is 2.08. The Labute approximate surface area is 133 Å². The van der Waals surface area contributed by atoms with Gasteiger partial charge in [-0.05, 0) is 48.4 Å². The zero-order valence-corrected chi connectivity index (χ0v) is 12.8. The van der Waals surface area contributed by atoms with Crippen LogP contribution in [0.2, 0.25) is 5.02 Å². The molecule has 0 unspecified atom stereocenters. The first kappa shape index (κ1) is 16.0. The van der Waals surface area contributed by atoms with Gasteiger partial charge in [-0.25, -0.2) is 4.79 Å². The molecule has 114 valence electrons. The second-order valence-electron chi connectivity index (χ2n) is 4.62. The van der Waals surface area contributed by atoms with Crippen molar-refractivity contribution in [1.82, 2.24) is 0 Å². The summed E-state index contributed by atoms with van der Waals surface area (Å²) < 4.78 is 9.81. The van der Waals surface area contributed by atoms with Crippen LogP contribution in [0.3, 0.4) is 0 Å². The van der Waals surface area contributed by atoms with Gasteiger partial charge in [0.15, 0.2) is 0 Å². The lowest BCUT2D eigenvalue weighted by atomic mass is 10.1. The lowest BCUT2D eigenvalue weighted by Gasteiger charge is -2.05. The quantitative estimate of drug-likeness (QED) is 0.623. The predicted octanol–water partition coefficient (Wildman–Crippen LogP) is 3.66. The molecule has 2 rings (SSSR count). The van der Waals surface area contributed by atoms with Gasteiger partial charge in [0, 0.05) is 11.4 Å². The molecule has 0 fully saturated rings. The van der Waals surface area contributed by atoms with Crippen molar-refractivity contribution in [3.05, 3.63) is 64.7 Å². The molecule has 0 saturated heterocycles. The van der Waals surface area contributed by atoms with E-state index in [4.69, 9.17) is 16.3 Å². The molecule has 22 heavy (non-hydrogen) atoms. The number of aryl methyl sites for hydroxylation is 1. The summed E-state index contributed by atoms with van der Waals surface area (Å²) in [4.78, 5) is 23.1. The number of ether oxygens (including phenoxy) is 2. The van der Waals surface area contributed by atoms with Crippen LogP contribution in [0.4, 0.5) is 0 Å². The number of halogens is 1. The van der Waals surface area contributed by atoms with Crippen LogP contribution in [0.5, 0.6) is 5.75 Å². The Bertz CT molecular complexity index is 665. The number of esters is 2. The van der Waals surface area contributed by atoms with Gasteiger partial charge in [-0.3, -0.25) is 4.79 Å². The second kappa shape index (κ2) is 7.61. The summed E-state index contributed by atoms with van der Waals surface area (Å²) in [6.07, 6.45) is 0.804. The van der Waals surface area contributed by atoms with Crippen molar-refractivity contribution >= 4 is 23.5 Å². The molecule has 4 nitrogen and oxygen atoms in total. The predicted molar refractivity (Wildman–Crippen MR) is 83.2 cm³/mol. The fraction of sp³-hybridized carbons (Fsp3) is 0.176. The van der Waals surface area contributed by atoms with E-state index in [0.29, 0.717) is 22.8 Å². The molecule has 5 heteroatoms. The molecule has 0 amide bonds. The smallest absolute Gasteiger partial charge is 0.337 e. The van der Waals surface area contributed by atoms with Crippen LogP contribution in [0.1, 0.15) is 22.3 Å². The van der Waals surface area contributed by atoms with E-state index in [2.05, 4.69) is 4.74 Å². The molecular weight excluding hydrogens is 304 g/mol. The molecule has 0 radical (unpaired) electrons. The number of carbonyl (C=O) groups excluding carboxylic acids is 2. The summed E-state index contributed by atoms with van der Waals surface area (Å²) in [5.74, 6) is -0.381. The fourth-order valence-electron chi connectivity index (χ4n) is 1.90. The van der Waals surface area contributed by atoms with Gasteiger partial charge < -0.3 is 9.47 Å². The van der Waals surface area contributed by atoms with E-state index in [1.807, 2.05) is 18.2 Å². The number of hydrogen-bond donors (Lipinski definition) is 0. The van der Waals surface area contributed by atoms with Crippen LogP contribution >= 0.6 is 11.6 Å². The summed E-state index contributed by atoms with van der Waals surface area (Å²) in [5, 5.41) is 0.643. The molecule has 0 spiro atoms. The van der Waals surface area contributed by atoms with Crippen molar-refractivity contribution in [2.45, 2.75) is 12.8 Å². The highest BCUT2D eigenvalue weighted by atomic mass is 35.5. The van der Waals surface area contributed by atoms with Crippen molar-refractivity contribution in [1.29, 1.82) is 0 Å². The van der Waals surface area contributed by atoms with Gasteiger partial charge in [-0.2, -0.15) is 0 Å². The third-order valence-corrected chi connectivity index (χ3v) is 3.25. The van der Waals surface area contributed by atoms with E-state index in [-0.39, 0.29) is 12.4 Å². The molecule has 0 aromatic heterocycles. The van der Waals surface area contributed by atoms with Crippen LogP contribution in [0.25, 0.3) is 0 Å². The fourth-order valence-corrected chi connectivity index (χ4v) is 2.11. The topological polar surface area (TPSA) is 52.6 Å². The first-order valence-corrected chi connectivity index (χ1v) is 7.10. The van der Waals surface area contributed by atoms with Crippen molar-refractivity contribution in [2.75, 3.05) is 7.11 Å². The van der Waals surface area contributed by atoms with Gasteiger partial charge in [0.2, 0.25) is 0 Å². The van der Waals surface area contributed by atoms with E-state index in [1.54, 1.807) is 30.3 Å². The van der Waals surface area contributed by atoms with Gasteiger partial charge in [-0.15, -0.1) is 0 Å². The first-order chi connectivity index (χ1) is 10.6. The average Bonchev–Trinajstić information content (AvgIpc) is 2.53. The van der Waals surface area contributed by atoms with Gasteiger partial charge in [0.05, 0.1) is 12.7 Å². The minimum absolute atomic E-state index is 0.249. The minimum atomic E-state index is -0.432. The SMILES string of the molecule is COC(=O)c1ccc(OC(=O)CCc2cccc(Cl)c2)cc1. The number of methoxy groups -OCH3 is 1. The molecule has 0 atom stereocenters. The third-order valence-electron chi connectivity index (χ3n) is 3.01. The van der Waals surface area contributed by atoms with Gasteiger partial charge >= 0.3 is 11.9 Å². The van der Waals surface area contributed by atoms with Crippen molar-refractivity contribution in [3.8, 4) is 5.75 Å². The molecule has 0 saturated carbocycles. The maximum Gasteiger partial charge on any atom is 0.337 e. The summed E-state index contributed by atoms with van der Waals surface area (Å²) in [6.45, 7) is 0. The molecule has 0 bridgehead atoms. The van der Waals surface area contributed by atoms with E-state index in [1.165, 1.54) is 7.11 Å². The highest BCUT2D eigenvalue weighted by Crippen LogP contribution is 2.15. The molecule has 0 aliphatic rings. The van der Waals surface area contributed by atoms with Crippen LogP contribution in [0.15, 0.2) is 48.5 Å². The Morgan fingerprint density at radius 1 is 1.09 bits per heavy atom. The molecule has 0 aliphatic carbocycles. The van der Waals surface area contributed by atoms with E-state index in [9.17, 15) is 9.59 Å². The van der Waals surface area contributed by atoms with Crippen LogP contribution in [-0.2, 0) is 16.0 Å². The first-order valence-electron chi connectivity index (χ1n) is 6.72. The Hall–Kier alpha value is -2.33. The van der Waals surface area contributed by atoms with Gasteiger partial charge in [0.25, 0.3) is 0 Å². The zero-order chi connectivity index (χ0) is 15.9. The second-order valence-corrected chi connectivity index (χ2v) is 5.06. The van der Waals surface area contributed by atoms with Crippen LogP contribution in [0, 0.1) is 0 Å². The maximum absolute atomic E-state index is 11.8. The number of hydrogen-bond acceptors (Lipinski definition) is 4. The van der Waals surface area contributed by atoms with Gasteiger partial charge in [-0.1, -0.05) is 23.7 Å². The van der Waals surface area contributed by atoms with Crippen molar-refractivity contribution in [2.24, 2.45) is 0 Å². The minimum Gasteiger partial charge on any atom is -0.465 e.